The summed E-state index contributed by atoms with van der Waals surface area (Å²) in [7, 11) is -3.53. The number of likely N-dealkylation sites (tertiary alicyclic amines) is 1. The first kappa shape index (κ1) is 18.6. The first-order chi connectivity index (χ1) is 10.8. The van der Waals surface area contributed by atoms with Crippen LogP contribution in [0.15, 0.2) is 0 Å². The van der Waals surface area contributed by atoms with Gasteiger partial charge in [0.2, 0.25) is 0 Å². The minimum Gasteiger partial charge on any atom is -0.481 e. The van der Waals surface area contributed by atoms with Crippen LogP contribution in [-0.4, -0.2) is 67.5 Å². The average Bonchev–Trinajstić information content (AvgIpc) is 3.01. The Morgan fingerprint density at radius 2 is 1.74 bits per heavy atom. The zero-order valence-electron chi connectivity index (χ0n) is 14.1. The van der Waals surface area contributed by atoms with Crippen LogP contribution in [0.4, 0.5) is 0 Å². The number of hydrogen-bond acceptors (Lipinski definition) is 4. The molecule has 134 valence electrons. The van der Waals surface area contributed by atoms with Gasteiger partial charge in [0.15, 0.2) is 0 Å². The van der Waals surface area contributed by atoms with E-state index in [0.29, 0.717) is 25.3 Å². The fourth-order valence-electron chi connectivity index (χ4n) is 3.48. The average molecular weight is 347 g/mol. The molecular formula is C15H29N3O4S. The van der Waals surface area contributed by atoms with Crippen molar-refractivity contribution in [3.8, 4) is 0 Å². The topological polar surface area (TPSA) is 90.0 Å². The van der Waals surface area contributed by atoms with Crippen LogP contribution in [0.2, 0.25) is 0 Å². The molecule has 0 saturated carbocycles. The molecule has 2 N–H and O–H groups in total. The maximum absolute atomic E-state index is 12.5. The summed E-state index contributed by atoms with van der Waals surface area (Å²) in [6.45, 7) is 7.29. The van der Waals surface area contributed by atoms with Crippen LogP contribution < -0.4 is 4.72 Å². The van der Waals surface area contributed by atoms with Crippen LogP contribution in [0.5, 0.6) is 0 Å². The van der Waals surface area contributed by atoms with Crippen LogP contribution in [0.25, 0.3) is 0 Å². The van der Waals surface area contributed by atoms with Gasteiger partial charge in [-0.2, -0.15) is 12.7 Å². The van der Waals surface area contributed by atoms with E-state index in [1.165, 1.54) is 17.1 Å². The van der Waals surface area contributed by atoms with Crippen LogP contribution in [0.3, 0.4) is 0 Å². The highest BCUT2D eigenvalue weighted by Crippen LogP contribution is 2.20. The predicted molar refractivity (Wildman–Crippen MR) is 88.3 cm³/mol. The van der Waals surface area contributed by atoms with Gasteiger partial charge in [-0.15, -0.1) is 0 Å². The van der Waals surface area contributed by atoms with Crippen molar-refractivity contribution >= 4 is 16.2 Å². The van der Waals surface area contributed by atoms with Crippen molar-refractivity contribution in [2.45, 2.75) is 45.6 Å². The highest BCUT2D eigenvalue weighted by atomic mass is 32.2. The first-order valence-corrected chi connectivity index (χ1v) is 9.97. The molecule has 0 aromatic rings. The zero-order valence-corrected chi connectivity index (χ0v) is 14.9. The van der Waals surface area contributed by atoms with Gasteiger partial charge in [0.05, 0.1) is 5.92 Å². The van der Waals surface area contributed by atoms with Gasteiger partial charge in [0.1, 0.15) is 0 Å². The molecule has 23 heavy (non-hydrogen) atoms. The Kier molecular flexibility index (Phi) is 6.41. The van der Waals surface area contributed by atoms with Crippen molar-refractivity contribution in [3.63, 3.8) is 0 Å². The van der Waals surface area contributed by atoms with E-state index in [9.17, 15) is 13.2 Å². The minimum absolute atomic E-state index is 0.212. The van der Waals surface area contributed by atoms with E-state index < -0.39 is 22.1 Å². The van der Waals surface area contributed by atoms with E-state index in [0.717, 1.165) is 13.1 Å². The lowest BCUT2D eigenvalue weighted by Gasteiger charge is -2.33. The van der Waals surface area contributed by atoms with Crippen molar-refractivity contribution in [2.24, 2.45) is 11.8 Å². The van der Waals surface area contributed by atoms with Gasteiger partial charge in [-0.25, -0.2) is 4.72 Å². The maximum Gasteiger partial charge on any atom is 0.306 e. The largest absolute Gasteiger partial charge is 0.481 e. The smallest absolute Gasteiger partial charge is 0.306 e. The Balaban J connectivity index is 1.89. The second-order valence-corrected chi connectivity index (χ2v) is 8.67. The number of carbonyl (C=O) groups is 1. The van der Waals surface area contributed by atoms with E-state index in [4.69, 9.17) is 5.11 Å². The number of hydrogen-bond donors (Lipinski definition) is 2. The second kappa shape index (κ2) is 7.92. The molecule has 0 bridgehead atoms. The first-order valence-electron chi connectivity index (χ1n) is 8.53. The van der Waals surface area contributed by atoms with Gasteiger partial charge in [-0.05, 0) is 44.7 Å². The molecule has 2 heterocycles. The van der Waals surface area contributed by atoms with Gasteiger partial charge >= 0.3 is 5.97 Å². The number of piperidine rings is 1. The molecule has 0 aliphatic carbocycles. The number of nitrogens with zero attached hydrogens (tertiary/aromatic N) is 2. The summed E-state index contributed by atoms with van der Waals surface area (Å²) < 4.78 is 29.0. The van der Waals surface area contributed by atoms with Gasteiger partial charge in [-0.1, -0.05) is 13.8 Å². The molecule has 7 nitrogen and oxygen atoms in total. The fraction of sp³-hybridized carbons (Fsp3) is 0.933. The van der Waals surface area contributed by atoms with Crippen molar-refractivity contribution < 1.29 is 18.3 Å². The van der Waals surface area contributed by atoms with Crippen LogP contribution >= 0.6 is 0 Å². The van der Waals surface area contributed by atoms with Gasteiger partial charge < -0.3 is 5.11 Å². The van der Waals surface area contributed by atoms with E-state index in [2.05, 4.69) is 23.5 Å². The monoisotopic (exact) mass is 347 g/mol. The lowest BCUT2D eigenvalue weighted by molar-refractivity contribution is -0.142. The predicted octanol–water partition coefficient (Wildman–Crippen LogP) is 0.738. The molecule has 8 heteroatoms. The van der Waals surface area contributed by atoms with Crippen molar-refractivity contribution in [2.75, 3.05) is 32.7 Å². The molecular weight excluding hydrogens is 318 g/mol. The molecule has 0 aromatic carbocycles. The molecule has 2 aliphatic rings. The van der Waals surface area contributed by atoms with E-state index in [-0.39, 0.29) is 19.1 Å². The highest BCUT2D eigenvalue weighted by Gasteiger charge is 2.32. The molecule has 0 spiro atoms. The summed E-state index contributed by atoms with van der Waals surface area (Å²) >= 11 is 0. The van der Waals surface area contributed by atoms with Gasteiger partial charge in [0.25, 0.3) is 10.2 Å². The quantitative estimate of drug-likeness (QED) is 0.709. The third kappa shape index (κ3) is 4.89. The Labute approximate surface area is 139 Å². The third-order valence-corrected chi connectivity index (χ3v) is 6.57. The molecule has 1 unspecified atom stereocenters. The molecule has 2 fully saturated rings. The Hall–Kier alpha value is -0.700. The van der Waals surface area contributed by atoms with Crippen molar-refractivity contribution in [1.82, 2.24) is 13.9 Å². The fourth-order valence-corrected chi connectivity index (χ4v) is 4.74. The molecule has 2 saturated heterocycles. The third-order valence-electron chi connectivity index (χ3n) is 5.00. The Bertz CT molecular complexity index is 495. The molecule has 2 rings (SSSR count). The Morgan fingerprint density at radius 1 is 1.17 bits per heavy atom. The summed E-state index contributed by atoms with van der Waals surface area (Å²) in [6.07, 6.45) is 3.13. The summed E-state index contributed by atoms with van der Waals surface area (Å²) in [4.78, 5) is 13.3. The number of aliphatic carboxylic acids is 1. The number of carboxylic acids is 1. The van der Waals surface area contributed by atoms with Crippen LogP contribution in [-0.2, 0) is 15.0 Å². The number of carboxylic acid groups (broad SMARTS) is 1. The summed E-state index contributed by atoms with van der Waals surface area (Å²) in [5.74, 6) is -0.869. The molecule has 0 amide bonds. The molecule has 1 atom stereocenters. The summed E-state index contributed by atoms with van der Waals surface area (Å²) in [5.41, 5.74) is 0. The molecule has 0 radical (unpaired) electrons. The normalized spacial score (nSPS) is 23.4. The van der Waals surface area contributed by atoms with Crippen molar-refractivity contribution in [3.05, 3.63) is 0 Å². The van der Waals surface area contributed by atoms with Gasteiger partial charge in [0, 0.05) is 25.7 Å². The second-order valence-electron chi connectivity index (χ2n) is 6.92. The number of nitrogens with one attached hydrogen (secondary N) is 1. The standard InChI is InChI=1S/C15H29N3O4S/c1-12(2)14(17-7-3-4-8-17)11-16-23(21,22)18-9-5-13(6-10-18)15(19)20/h12-14,16H,3-11H2,1-2H3,(H,19,20). The van der Waals surface area contributed by atoms with E-state index in [1.54, 1.807) is 0 Å². The maximum atomic E-state index is 12.5. The van der Waals surface area contributed by atoms with Gasteiger partial charge in [-0.3, -0.25) is 9.69 Å². The summed E-state index contributed by atoms with van der Waals surface area (Å²) in [6, 6.07) is 0.212. The lowest BCUT2D eigenvalue weighted by Crippen LogP contribution is -2.51. The molecule has 2 aliphatic heterocycles. The lowest BCUT2D eigenvalue weighted by atomic mass is 9.99. The van der Waals surface area contributed by atoms with Crippen LogP contribution in [0.1, 0.15) is 39.5 Å². The van der Waals surface area contributed by atoms with Crippen molar-refractivity contribution in [1.29, 1.82) is 0 Å². The van der Waals surface area contributed by atoms with E-state index >= 15 is 0 Å². The highest BCUT2D eigenvalue weighted by molar-refractivity contribution is 7.87. The van der Waals surface area contributed by atoms with Crippen LogP contribution in [0, 0.1) is 11.8 Å². The van der Waals surface area contributed by atoms with E-state index in [1.807, 2.05) is 0 Å². The SMILES string of the molecule is CC(C)C(CNS(=O)(=O)N1CCC(C(=O)O)CC1)N1CCCC1. The Morgan fingerprint density at radius 3 is 2.22 bits per heavy atom. The molecule has 0 aromatic heterocycles. The zero-order chi connectivity index (χ0) is 17.0. The summed E-state index contributed by atoms with van der Waals surface area (Å²) in [5, 5.41) is 9.00. The number of rotatable bonds is 7. The minimum atomic E-state index is -3.53.